The maximum atomic E-state index is 11.1. The van der Waals surface area contributed by atoms with Crippen molar-refractivity contribution in [2.45, 2.75) is 32.4 Å². The first-order valence-electron chi connectivity index (χ1n) is 6.32. The maximum absolute atomic E-state index is 11.1. The van der Waals surface area contributed by atoms with Gasteiger partial charge in [-0.2, -0.15) is 0 Å². The van der Waals surface area contributed by atoms with E-state index in [2.05, 4.69) is 15.3 Å². The SMILES string of the molecule is CC(N)CCCNCc1ccc2[nH]c(=O)[nH]c2c1. The molecule has 5 N–H and O–H groups in total. The second-order valence-electron chi connectivity index (χ2n) is 4.76. The summed E-state index contributed by atoms with van der Waals surface area (Å²) in [4.78, 5) is 16.6. The van der Waals surface area contributed by atoms with Gasteiger partial charge in [-0.15, -0.1) is 0 Å². The molecule has 1 aromatic heterocycles. The van der Waals surface area contributed by atoms with Crippen LogP contribution in [0.25, 0.3) is 11.0 Å². The third-order valence-corrected chi connectivity index (χ3v) is 2.92. The molecule has 98 valence electrons. The summed E-state index contributed by atoms with van der Waals surface area (Å²) in [6, 6.07) is 6.20. The molecule has 1 heterocycles. The lowest BCUT2D eigenvalue weighted by molar-refractivity contribution is 0.574. The molecule has 2 aromatic rings. The highest BCUT2D eigenvalue weighted by Crippen LogP contribution is 2.09. The van der Waals surface area contributed by atoms with Gasteiger partial charge in [-0.25, -0.2) is 4.79 Å². The molecule has 0 radical (unpaired) electrons. The molecule has 0 aliphatic carbocycles. The van der Waals surface area contributed by atoms with E-state index in [1.54, 1.807) is 0 Å². The van der Waals surface area contributed by atoms with Crippen LogP contribution in [0.5, 0.6) is 0 Å². The van der Waals surface area contributed by atoms with Crippen molar-refractivity contribution < 1.29 is 0 Å². The summed E-state index contributed by atoms with van der Waals surface area (Å²) >= 11 is 0. The smallest absolute Gasteiger partial charge is 0.323 e. The summed E-state index contributed by atoms with van der Waals surface area (Å²) in [5.41, 5.74) is 8.39. The Morgan fingerprint density at radius 1 is 1.33 bits per heavy atom. The van der Waals surface area contributed by atoms with Gasteiger partial charge in [0.25, 0.3) is 0 Å². The molecule has 0 saturated heterocycles. The van der Waals surface area contributed by atoms with Crippen molar-refractivity contribution in [3.05, 3.63) is 34.2 Å². The van der Waals surface area contributed by atoms with E-state index in [0.29, 0.717) is 0 Å². The quantitative estimate of drug-likeness (QED) is 0.577. The average Bonchev–Trinajstić information content (AvgIpc) is 2.67. The minimum absolute atomic E-state index is 0.160. The molecule has 5 nitrogen and oxygen atoms in total. The largest absolute Gasteiger partial charge is 0.328 e. The molecule has 0 bridgehead atoms. The third-order valence-electron chi connectivity index (χ3n) is 2.92. The fraction of sp³-hybridized carbons (Fsp3) is 0.462. The van der Waals surface area contributed by atoms with Gasteiger partial charge in [-0.1, -0.05) is 6.07 Å². The van der Waals surface area contributed by atoms with E-state index in [-0.39, 0.29) is 11.7 Å². The Bertz CT molecular complexity index is 555. The standard InChI is InChI=1S/C13H20N4O/c1-9(14)3-2-6-15-8-10-4-5-11-12(7-10)17-13(18)16-11/h4-5,7,9,15H,2-3,6,8,14H2,1H3,(H2,16,17,18). The van der Waals surface area contributed by atoms with Crippen LogP contribution in [0.2, 0.25) is 0 Å². The van der Waals surface area contributed by atoms with E-state index in [0.717, 1.165) is 37.0 Å². The monoisotopic (exact) mass is 248 g/mol. The van der Waals surface area contributed by atoms with Crippen molar-refractivity contribution in [1.29, 1.82) is 0 Å². The molecule has 0 fully saturated rings. The van der Waals surface area contributed by atoms with Crippen LogP contribution in [0, 0.1) is 0 Å². The molecule has 2 rings (SSSR count). The molecule has 1 atom stereocenters. The number of aromatic nitrogens is 2. The number of hydrogen-bond donors (Lipinski definition) is 4. The topological polar surface area (TPSA) is 86.7 Å². The summed E-state index contributed by atoms with van der Waals surface area (Å²) in [6.45, 7) is 3.79. The second kappa shape index (κ2) is 5.84. The van der Waals surface area contributed by atoms with Crippen LogP contribution in [-0.2, 0) is 6.54 Å². The minimum Gasteiger partial charge on any atom is -0.328 e. The van der Waals surface area contributed by atoms with Crippen LogP contribution in [0.15, 0.2) is 23.0 Å². The van der Waals surface area contributed by atoms with E-state index >= 15 is 0 Å². The van der Waals surface area contributed by atoms with Gasteiger partial charge in [0.2, 0.25) is 0 Å². The van der Waals surface area contributed by atoms with E-state index in [1.165, 1.54) is 5.56 Å². The van der Waals surface area contributed by atoms with Crippen LogP contribution in [0.3, 0.4) is 0 Å². The second-order valence-corrected chi connectivity index (χ2v) is 4.76. The Morgan fingerprint density at radius 3 is 2.89 bits per heavy atom. The molecule has 1 unspecified atom stereocenters. The van der Waals surface area contributed by atoms with Crippen molar-refractivity contribution in [2.24, 2.45) is 5.73 Å². The molecular formula is C13H20N4O. The summed E-state index contributed by atoms with van der Waals surface area (Å²) in [5, 5.41) is 3.37. The van der Waals surface area contributed by atoms with Crippen molar-refractivity contribution in [2.75, 3.05) is 6.54 Å². The lowest BCUT2D eigenvalue weighted by Gasteiger charge is -2.06. The van der Waals surface area contributed by atoms with Gasteiger partial charge in [0.05, 0.1) is 11.0 Å². The zero-order valence-electron chi connectivity index (χ0n) is 10.6. The number of rotatable bonds is 6. The van der Waals surface area contributed by atoms with E-state index < -0.39 is 0 Å². The van der Waals surface area contributed by atoms with Crippen LogP contribution >= 0.6 is 0 Å². The Labute approximate surface area is 106 Å². The molecular weight excluding hydrogens is 228 g/mol. The Hall–Kier alpha value is -1.59. The number of H-pyrrole nitrogens is 2. The Balaban J connectivity index is 1.86. The van der Waals surface area contributed by atoms with Crippen molar-refractivity contribution in [1.82, 2.24) is 15.3 Å². The van der Waals surface area contributed by atoms with Crippen LogP contribution < -0.4 is 16.7 Å². The summed E-state index contributed by atoms with van der Waals surface area (Å²) < 4.78 is 0. The zero-order chi connectivity index (χ0) is 13.0. The number of hydrogen-bond acceptors (Lipinski definition) is 3. The number of imidazole rings is 1. The minimum atomic E-state index is -0.160. The number of nitrogens with one attached hydrogen (secondary N) is 3. The van der Waals surface area contributed by atoms with Gasteiger partial charge in [0, 0.05) is 12.6 Å². The maximum Gasteiger partial charge on any atom is 0.323 e. The van der Waals surface area contributed by atoms with E-state index in [9.17, 15) is 4.79 Å². The van der Waals surface area contributed by atoms with E-state index in [4.69, 9.17) is 5.73 Å². The number of aromatic amines is 2. The first-order chi connectivity index (χ1) is 8.65. The highest BCUT2D eigenvalue weighted by atomic mass is 16.1. The molecule has 18 heavy (non-hydrogen) atoms. The van der Waals surface area contributed by atoms with Crippen LogP contribution in [0.1, 0.15) is 25.3 Å². The summed E-state index contributed by atoms with van der Waals surface area (Å²) in [6.07, 6.45) is 2.12. The predicted molar refractivity (Wildman–Crippen MR) is 73.5 cm³/mol. The molecule has 1 aromatic carbocycles. The first kappa shape index (κ1) is 12.9. The predicted octanol–water partition coefficient (Wildman–Crippen LogP) is 1.07. The van der Waals surface area contributed by atoms with Crippen molar-refractivity contribution in [3.8, 4) is 0 Å². The zero-order valence-corrected chi connectivity index (χ0v) is 10.6. The molecule has 5 heteroatoms. The molecule has 0 spiro atoms. The number of fused-ring (bicyclic) bond motifs is 1. The fourth-order valence-electron chi connectivity index (χ4n) is 1.97. The highest BCUT2D eigenvalue weighted by Gasteiger charge is 2.00. The van der Waals surface area contributed by atoms with Crippen LogP contribution in [0.4, 0.5) is 0 Å². The van der Waals surface area contributed by atoms with Gasteiger partial charge in [0.15, 0.2) is 0 Å². The summed E-state index contributed by atoms with van der Waals surface area (Å²) in [7, 11) is 0. The van der Waals surface area contributed by atoms with Gasteiger partial charge in [0.1, 0.15) is 0 Å². The molecule has 0 amide bonds. The molecule has 0 aliphatic rings. The highest BCUT2D eigenvalue weighted by molar-refractivity contribution is 5.74. The average molecular weight is 248 g/mol. The van der Waals surface area contributed by atoms with Crippen LogP contribution in [-0.4, -0.2) is 22.6 Å². The van der Waals surface area contributed by atoms with Gasteiger partial charge in [-0.3, -0.25) is 0 Å². The normalized spacial score (nSPS) is 13.0. The Morgan fingerprint density at radius 2 is 2.11 bits per heavy atom. The first-order valence-corrected chi connectivity index (χ1v) is 6.32. The van der Waals surface area contributed by atoms with Crippen molar-refractivity contribution in [3.63, 3.8) is 0 Å². The third kappa shape index (κ3) is 3.45. The molecule has 0 aliphatic heterocycles. The number of nitrogens with two attached hydrogens (primary N) is 1. The Kier molecular flexibility index (Phi) is 4.17. The fourth-order valence-corrected chi connectivity index (χ4v) is 1.97. The molecule has 0 saturated carbocycles. The van der Waals surface area contributed by atoms with Gasteiger partial charge < -0.3 is 21.0 Å². The van der Waals surface area contributed by atoms with E-state index in [1.807, 2.05) is 25.1 Å². The van der Waals surface area contributed by atoms with Crippen molar-refractivity contribution >= 4 is 11.0 Å². The number of benzene rings is 1. The van der Waals surface area contributed by atoms with Gasteiger partial charge in [-0.05, 0) is 44.0 Å². The van der Waals surface area contributed by atoms with Gasteiger partial charge >= 0.3 is 5.69 Å². The lowest BCUT2D eigenvalue weighted by atomic mass is 10.2. The lowest BCUT2D eigenvalue weighted by Crippen LogP contribution is -2.19. The summed E-state index contributed by atoms with van der Waals surface area (Å²) in [5.74, 6) is 0.